The van der Waals surface area contributed by atoms with Gasteiger partial charge in [-0.25, -0.2) is 0 Å². The maximum atomic E-state index is 14.6. The highest BCUT2D eigenvalue weighted by atomic mass is 16.5. The van der Waals surface area contributed by atoms with Crippen LogP contribution in [0.25, 0.3) is 0 Å². The van der Waals surface area contributed by atoms with E-state index in [9.17, 15) is 67.7 Å². The lowest BCUT2D eigenvalue weighted by Gasteiger charge is -2.28. The number of aliphatic hydroxyl groups excluding tert-OH is 2. The molecular formula is C61H103N13O15. The maximum Gasteiger partial charge on any atom is 0.306 e. The molecule has 8 amide bonds. The molecule has 28 heteroatoms. The molecule has 28 nitrogen and oxygen atoms in total. The van der Waals surface area contributed by atoms with Gasteiger partial charge in [0, 0.05) is 50.5 Å². The number of nitrogens with two attached hydrogens (primary N) is 5. The van der Waals surface area contributed by atoms with E-state index in [1.165, 1.54) is 13.8 Å². The molecule has 1 aromatic rings. The van der Waals surface area contributed by atoms with Gasteiger partial charge in [0.25, 0.3) is 0 Å². The fourth-order valence-corrected chi connectivity index (χ4v) is 10.3. The molecule has 20 N–H and O–H groups in total. The van der Waals surface area contributed by atoms with Crippen molar-refractivity contribution >= 4 is 70.6 Å². The lowest BCUT2D eigenvalue weighted by atomic mass is 9.90. The summed E-state index contributed by atoms with van der Waals surface area (Å²) in [7, 11) is 0. The Hall–Kier alpha value is -6.82. The van der Waals surface area contributed by atoms with Crippen LogP contribution in [-0.2, 0) is 68.7 Å². The van der Waals surface area contributed by atoms with Gasteiger partial charge in [0.05, 0.1) is 42.7 Å². The third-order valence-electron chi connectivity index (χ3n) is 15.3. The van der Waals surface area contributed by atoms with Gasteiger partial charge in [0.1, 0.15) is 30.3 Å². The lowest BCUT2D eigenvalue weighted by Crippen LogP contribution is -2.59. The monoisotopic (exact) mass is 1260 g/mol. The first-order valence-electron chi connectivity index (χ1n) is 31.3. The first-order chi connectivity index (χ1) is 42.3. The highest BCUT2D eigenvalue weighted by Crippen LogP contribution is 2.20. The van der Waals surface area contributed by atoms with Crippen molar-refractivity contribution in [3.63, 3.8) is 0 Å². The second-order valence-electron chi connectivity index (χ2n) is 23.4. The zero-order valence-corrected chi connectivity index (χ0v) is 52.8. The third kappa shape index (κ3) is 28.7. The summed E-state index contributed by atoms with van der Waals surface area (Å²) in [6.45, 7) is 8.99. The number of rotatable bonds is 33. The van der Waals surface area contributed by atoms with Crippen molar-refractivity contribution in [2.45, 2.75) is 211 Å². The Kier molecular flexibility index (Phi) is 37.1. The average molecular weight is 1260 g/mol. The molecule has 2 unspecified atom stereocenters. The number of aliphatic hydroxyl groups is 2. The summed E-state index contributed by atoms with van der Waals surface area (Å²) in [5.41, 5.74) is 30.1. The topological polar surface area (TPSA) is 481 Å². The van der Waals surface area contributed by atoms with Crippen molar-refractivity contribution < 1.29 is 72.5 Å². The van der Waals surface area contributed by atoms with Gasteiger partial charge in [0.2, 0.25) is 47.3 Å². The number of Topliss-reactive ketones (excluding diaryl/α,β-unsaturated/α-hetero) is 3. The molecule has 502 valence electrons. The van der Waals surface area contributed by atoms with Crippen LogP contribution in [0.4, 0.5) is 0 Å². The van der Waals surface area contributed by atoms with Gasteiger partial charge >= 0.3 is 5.97 Å². The van der Waals surface area contributed by atoms with Crippen molar-refractivity contribution in [3.8, 4) is 0 Å². The van der Waals surface area contributed by atoms with Crippen LogP contribution in [0.3, 0.4) is 0 Å². The molecular weight excluding hydrogens is 1150 g/mol. The fourth-order valence-electron chi connectivity index (χ4n) is 10.3. The number of nitrogens with one attached hydrogen (secondary N) is 8. The third-order valence-corrected chi connectivity index (χ3v) is 15.3. The zero-order chi connectivity index (χ0) is 66.8. The van der Waals surface area contributed by atoms with E-state index in [0.29, 0.717) is 18.4 Å². The van der Waals surface area contributed by atoms with Crippen molar-refractivity contribution in [1.82, 2.24) is 42.5 Å². The predicted octanol–water partition coefficient (Wildman–Crippen LogP) is -2.29. The Bertz CT molecular complexity index is 2450. The molecule has 2 rings (SSSR count). The highest BCUT2D eigenvalue weighted by molar-refractivity contribution is 5.99. The first kappa shape index (κ1) is 78.3. The molecule has 0 radical (unpaired) electrons. The number of carbonyl (C=O) groups is 12. The molecule has 1 heterocycles. The largest absolute Gasteiger partial charge is 0.462 e. The molecule has 0 saturated carbocycles. The van der Waals surface area contributed by atoms with Crippen LogP contribution in [0.1, 0.15) is 150 Å². The van der Waals surface area contributed by atoms with E-state index in [1.807, 2.05) is 13.8 Å². The van der Waals surface area contributed by atoms with E-state index in [1.54, 1.807) is 44.2 Å². The number of carbonyl (C=O) groups excluding carboxylic acids is 12. The Morgan fingerprint density at radius 3 is 1.71 bits per heavy atom. The Labute approximate surface area is 522 Å². The number of ether oxygens (including phenoxy) is 1. The molecule has 0 aromatic heterocycles. The lowest BCUT2D eigenvalue weighted by molar-refractivity contribution is -0.151. The summed E-state index contributed by atoms with van der Waals surface area (Å²) >= 11 is 0. The van der Waals surface area contributed by atoms with E-state index >= 15 is 0 Å². The van der Waals surface area contributed by atoms with Crippen LogP contribution < -0.4 is 71.2 Å². The van der Waals surface area contributed by atoms with Crippen LogP contribution >= 0.6 is 0 Å². The normalized spacial score (nSPS) is 22.2. The minimum atomic E-state index is -1.64. The second-order valence-corrected chi connectivity index (χ2v) is 23.4. The average Bonchev–Trinajstić information content (AvgIpc) is 3.67. The Morgan fingerprint density at radius 2 is 1.15 bits per heavy atom. The molecule has 0 spiro atoms. The van der Waals surface area contributed by atoms with Crippen LogP contribution in [0.5, 0.6) is 0 Å². The first-order valence-corrected chi connectivity index (χ1v) is 31.3. The minimum Gasteiger partial charge on any atom is -0.462 e. The molecule has 1 aliphatic rings. The Balaban J connectivity index is 2.65. The van der Waals surface area contributed by atoms with E-state index in [2.05, 4.69) is 42.5 Å². The van der Waals surface area contributed by atoms with Gasteiger partial charge in [0.15, 0.2) is 17.3 Å². The number of hydrogen-bond acceptors (Lipinski definition) is 20. The zero-order valence-electron chi connectivity index (χ0n) is 52.8. The maximum absolute atomic E-state index is 14.6. The number of hydrogen-bond donors (Lipinski definition) is 15. The predicted molar refractivity (Wildman–Crippen MR) is 331 cm³/mol. The fraction of sp³-hybridized carbons (Fsp3) is 0.705. The minimum absolute atomic E-state index is 0.0607. The van der Waals surface area contributed by atoms with Gasteiger partial charge in [-0.2, -0.15) is 0 Å². The van der Waals surface area contributed by atoms with E-state index in [0.717, 1.165) is 12.8 Å². The summed E-state index contributed by atoms with van der Waals surface area (Å²) in [5, 5.41) is 42.7. The SMILES string of the molecule is CCCC(CCC)OC(=O)CCC(=O)N[C@@H](CCN)C(=O)C[C@H](C(=O)N[C@@H](CCN)C(=O)C[C@H]1CCNC(=O)[C@H](C(C)O)NC(=O)[C@H](CCN)CC(=O)[C@H](CCN)NC(=O)[C@H](CC(C)C)NC(=O)[C@@H](Cc2ccccc2)NC(=O)[C@H](CCN)NC1=O)C(C)O. The molecule has 1 fully saturated rings. The molecule has 0 bridgehead atoms. The smallest absolute Gasteiger partial charge is 0.306 e. The van der Waals surface area contributed by atoms with Gasteiger partial charge in [-0.3, -0.25) is 57.5 Å². The number of ketones is 3. The van der Waals surface area contributed by atoms with Gasteiger partial charge in [-0.1, -0.05) is 70.9 Å². The van der Waals surface area contributed by atoms with Crippen LogP contribution in [-0.4, -0.2) is 181 Å². The van der Waals surface area contributed by atoms with Crippen LogP contribution in [0.15, 0.2) is 30.3 Å². The summed E-state index contributed by atoms with van der Waals surface area (Å²) in [6.07, 6.45) is -3.78. The number of amides is 8. The molecule has 1 saturated heterocycles. The second kappa shape index (κ2) is 42.2. The molecule has 89 heavy (non-hydrogen) atoms. The molecule has 1 aromatic carbocycles. The van der Waals surface area contributed by atoms with Crippen molar-refractivity contribution in [1.29, 1.82) is 0 Å². The summed E-state index contributed by atoms with van der Waals surface area (Å²) < 4.78 is 5.54. The standard InChI is InChI=1S/C61H103N13O15/c1-7-12-41(13-8-2)89-53(81)17-16-52(80)68-43(19-25-63)51(79)34-42(36(5)75)57(84)69-44(20-26-64)50(78)33-40-23-29-67-61(88)54(37(6)76)74-56(83)39(18-24-62)32-49(77)45(21-27-65)70-59(86)47(30-35(3)4)72-60(87)48(31-38-14-10-9-11-15-38)73-58(85)46(22-28-66)71-55(40)82/h9-11,14-15,35-37,39-48,54,75-76H,7-8,12-13,16-34,62-66H2,1-6H3,(H,67,88)(H,68,80)(H,69,84)(H,70,86)(H,71,82)(H,72,87)(H,73,85)(H,74,83)/t36?,37?,39-,40-,42+,43+,44+,45+,46+,47+,48-,54+/m1/s1. The van der Waals surface area contributed by atoms with Crippen molar-refractivity contribution in [2.75, 3.05) is 39.3 Å². The van der Waals surface area contributed by atoms with Gasteiger partial charge in [-0.05, 0) is 116 Å². The van der Waals surface area contributed by atoms with Crippen LogP contribution in [0, 0.1) is 23.7 Å². The summed E-state index contributed by atoms with van der Waals surface area (Å²) in [4.78, 5) is 168. The molecule has 0 aliphatic carbocycles. The van der Waals surface area contributed by atoms with Crippen molar-refractivity contribution in [3.05, 3.63) is 35.9 Å². The van der Waals surface area contributed by atoms with E-state index in [-0.39, 0.29) is 109 Å². The number of benzene rings is 1. The van der Waals surface area contributed by atoms with Crippen molar-refractivity contribution in [2.24, 2.45) is 52.3 Å². The van der Waals surface area contributed by atoms with Crippen LogP contribution in [0.2, 0.25) is 0 Å². The quantitative estimate of drug-likeness (QED) is 0.0330. The van der Waals surface area contributed by atoms with E-state index < -0.39 is 169 Å². The summed E-state index contributed by atoms with van der Waals surface area (Å²) in [6, 6.07) is -1.10. The Morgan fingerprint density at radius 1 is 0.607 bits per heavy atom. The van der Waals surface area contributed by atoms with Gasteiger partial charge < -0.3 is 86.2 Å². The molecule has 1 aliphatic heterocycles. The van der Waals surface area contributed by atoms with Gasteiger partial charge in [-0.15, -0.1) is 0 Å². The van der Waals surface area contributed by atoms with E-state index in [4.69, 9.17) is 33.4 Å². The highest BCUT2D eigenvalue weighted by Gasteiger charge is 2.38. The summed E-state index contributed by atoms with van der Waals surface area (Å²) in [5.74, 6) is -13.7. The molecule has 12 atom stereocenters. The number of esters is 1.